The molecule has 0 saturated carbocycles. The predicted molar refractivity (Wildman–Crippen MR) is 114 cm³/mol. The molecule has 0 aliphatic heterocycles. The Hall–Kier alpha value is -2.40. The third kappa shape index (κ3) is 6.07. The minimum absolute atomic E-state index is 0.0185. The maximum Gasteiger partial charge on any atom is 0.354 e. The van der Waals surface area contributed by atoms with Crippen molar-refractivity contribution in [3.63, 3.8) is 0 Å². The summed E-state index contributed by atoms with van der Waals surface area (Å²) in [5.41, 5.74) is 2.77. The van der Waals surface area contributed by atoms with Crippen LogP contribution in [0.2, 0.25) is 5.02 Å². The number of aromatic nitrogens is 3. The number of carboxylic acids is 1. The summed E-state index contributed by atoms with van der Waals surface area (Å²) in [6.45, 7) is 13.9. The molecule has 0 aliphatic rings. The van der Waals surface area contributed by atoms with Gasteiger partial charge in [0.05, 0.1) is 10.7 Å². The fourth-order valence-electron chi connectivity index (χ4n) is 2.20. The molecule has 1 aromatic carbocycles. The van der Waals surface area contributed by atoms with E-state index in [1.807, 2.05) is 66.7 Å². The topological polar surface area (TPSA) is 67.5 Å². The number of halogens is 1. The van der Waals surface area contributed by atoms with Crippen molar-refractivity contribution < 1.29 is 9.90 Å². The van der Waals surface area contributed by atoms with Crippen molar-refractivity contribution in [2.45, 2.75) is 54.9 Å². The van der Waals surface area contributed by atoms with E-state index in [1.54, 1.807) is 22.7 Å². The van der Waals surface area contributed by atoms with E-state index in [2.05, 4.69) is 10.1 Å². The Morgan fingerprint density at radius 2 is 1.67 bits per heavy atom. The van der Waals surface area contributed by atoms with Gasteiger partial charge in [-0.1, -0.05) is 78.3 Å². The van der Waals surface area contributed by atoms with Gasteiger partial charge < -0.3 is 5.11 Å². The third-order valence-corrected chi connectivity index (χ3v) is 3.56. The van der Waals surface area contributed by atoms with Crippen LogP contribution < -0.4 is 0 Å². The van der Waals surface area contributed by atoms with Crippen molar-refractivity contribution in [3.8, 4) is 11.3 Å². The van der Waals surface area contributed by atoms with Gasteiger partial charge in [-0.15, -0.1) is 0 Å². The zero-order valence-corrected chi connectivity index (χ0v) is 18.0. The van der Waals surface area contributed by atoms with Crippen molar-refractivity contribution in [2.24, 2.45) is 0 Å². The van der Waals surface area contributed by atoms with Crippen molar-refractivity contribution >= 4 is 23.2 Å². The van der Waals surface area contributed by atoms with E-state index in [1.165, 1.54) is 0 Å². The summed E-state index contributed by atoms with van der Waals surface area (Å²) >= 11 is 6.18. The fraction of sp³-hybridized carbons (Fsp3) is 0.381. The van der Waals surface area contributed by atoms with Gasteiger partial charge in [-0.3, -0.25) is 0 Å². The number of hydrogen-bond acceptors (Lipinski definition) is 3. The fourth-order valence-corrected chi connectivity index (χ4v) is 2.43. The number of fused-ring (bicyclic) bond motifs is 1. The second kappa shape index (κ2) is 12.9. The van der Waals surface area contributed by atoms with Crippen LogP contribution in [0.4, 0.5) is 0 Å². The molecule has 27 heavy (non-hydrogen) atoms. The summed E-state index contributed by atoms with van der Waals surface area (Å²) in [5, 5.41) is 14.2. The van der Waals surface area contributed by atoms with Gasteiger partial charge in [-0.25, -0.2) is 14.3 Å². The van der Waals surface area contributed by atoms with Crippen LogP contribution in [0.5, 0.6) is 0 Å². The highest BCUT2D eigenvalue weighted by molar-refractivity contribution is 6.33. The average molecular weight is 392 g/mol. The molecule has 0 spiro atoms. The number of rotatable bonds is 3. The highest BCUT2D eigenvalue weighted by Gasteiger charge is 2.14. The lowest BCUT2D eigenvalue weighted by Gasteiger charge is -2.03. The van der Waals surface area contributed by atoms with Crippen LogP contribution in [0.3, 0.4) is 0 Å². The van der Waals surface area contributed by atoms with E-state index in [0.717, 1.165) is 11.3 Å². The first-order valence-electron chi connectivity index (χ1n) is 9.48. The first-order chi connectivity index (χ1) is 13.1. The number of aromatic carboxylic acids is 1. The zero-order valence-electron chi connectivity index (χ0n) is 17.2. The van der Waals surface area contributed by atoms with Crippen LogP contribution in [-0.2, 0) is 6.42 Å². The van der Waals surface area contributed by atoms with Crippen LogP contribution in [-0.4, -0.2) is 25.7 Å². The molecule has 0 fully saturated rings. The maximum atomic E-state index is 11.1. The smallest absolute Gasteiger partial charge is 0.354 e. The molecule has 0 saturated heterocycles. The number of carbonyl (C=O) groups is 1. The van der Waals surface area contributed by atoms with Gasteiger partial charge in [-0.05, 0) is 18.6 Å². The Morgan fingerprint density at radius 1 is 1.07 bits per heavy atom. The highest BCUT2D eigenvalue weighted by atomic mass is 35.5. The Morgan fingerprint density at radius 3 is 2.19 bits per heavy atom. The number of carboxylic acid groups (broad SMARTS) is 1. The quantitative estimate of drug-likeness (QED) is 0.561. The SMILES string of the molecule is CC.CC.CC.CCc1cc(C(=O)O)nc2cc(-c3ccccc3Cl)nn12. The van der Waals surface area contributed by atoms with E-state index in [4.69, 9.17) is 16.7 Å². The molecular weight excluding hydrogens is 362 g/mol. The molecule has 0 amide bonds. The summed E-state index contributed by atoms with van der Waals surface area (Å²) in [6, 6.07) is 10.7. The summed E-state index contributed by atoms with van der Waals surface area (Å²) in [7, 11) is 0. The van der Waals surface area contributed by atoms with Gasteiger partial charge >= 0.3 is 5.97 Å². The van der Waals surface area contributed by atoms with Crippen LogP contribution in [0, 0.1) is 0 Å². The van der Waals surface area contributed by atoms with Gasteiger partial charge in [0.2, 0.25) is 0 Å². The summed E-state index contributed by atoms with van der Waals surface area (Å²) in [6.07, 6.45) is 0.656. The lowest BCUT2D eigenvalue weighted by Crippen LogP contribution is -2.06. The van der Waals surface area contributed by atoms with Crippen molar-refractivity contribution in [1.29, 1.82) is 0 Å². The minimum atomic E-state index is -1.05. The van der Waals surface area contributed by atoms with E-state index in [0.29, 0.717) is 22.8 Å². The molecule has 0 atom stereocenters. The number of nitrogens with zero attached hydrogens (tertiary/aromatic N) is 3. The van der Waals surface area contributed by atoms with Gasteiger partial charge in [0.15, 0.2) is 11.3 Å². The molecule has 1 N–H and O–H groups in total. The van der Waals surface area contributed by atoms with Crippen LogP contribution in [0.25, 0.3) is 16.9 Å². The Bertz CT molecular complexity index is 845. The number of hydrogen-bond donors (Lipinski definition) is 1. The second-order valence-electron chi connectivity index (χ2n) is 4.57. The first-order valence-corrected chi connectivity index (χ1v) is 9.86. The highest BCUT2D eigenvalue weighted by Crippen LogP contribution is 2.27. The van der Waals surface area contributed by atoms with Crippen LogP contribution >= 0.6 is 11.6 Å². The Labute approximate surface area is 167 Å². The number of aryl methyl sites for hydroxylation is 1. The molecule has 0 radical (unpaired) electrons. The standard InChI is InChI=1S/C15H12ClN3O2.3C2H6/c1-2-9-7-13(15(20)21)17-14-8-12(18-19(9)14)10-5-3-4-6-11(10)16;3*1-2/h3-8H,2H2,1H3,(H,20,21);3*1-2H3. The molecule has 148 valence electrons. The molecule has 6 heteroatoms. The lowest BCUT2D eigenvalue weighted by atomic mass is 10.1. The van der Waals surface area contributed by atoms with Gasteiger partial charge in [0, 0.05) is 17.3 Å². The molecular formula is C21H30ClN3O2. The van der Waals surface area contributed by atoms with Crippen LogP contribution in [0.1, 0.15) is 64.6 Å². The van der Waals surface area contributed by atoms with Crippen molar-refractivity contribution in [2.75, 3.05) is 0 Å². The molecule has 5 nitrogen and oxygen atoms in total. The van der Waals surface area contributed by atoms with Gasteiger partial charge in [-0.2, -0.15) is 5.10 Å². The molecule has 0 aliphatic carbocycles. The van der Waals surface area contributed by atoms with Gasteiger partial charge in [0.25, 0.3) is 0 Å². The first kappa shape index (κ1) is 24.6. The van der Waals surface area contributed by atoms with Gasteiger partial charge in [0.1, 0.15) is 0 Å². The second-order valence-corrected chi connectivity index (χ2v) is 4.98. The summed E-state index contributed by atoms with van der Waals surface area (Å²) < 4.78 is 1.66. The van der Waals surface area contributed by atoms with E-state index >= 15 is 0 Å². The molecule has 0 unspecified atom stereocenters. The molecule has 3 aromatic rings. The molecule has 2 heterocycles. The molecule has 0 bridgehead atoms. The predicted octanol–water partition coefficient (Wildman–Crippen LogP) is 6.39. The Kier molecular flexibility index (Phi) is 11.7. The number of benzene rings is 1. The molecule has 3 rings (SSSR count). The summed E-state index contributed by atoms with van der Waals surface area (Å²) in [5.74, 6) is -1.05. The summed E-state index contributed by atoms with van der Waals surface area (Å²) in [4.78, 5) is 15.2. The van der Waals surface area contributed by atoms with Crippen molar-refractivity contribution in [3.05, 3.63) is 52.8 Å². The monoisotopic (exact) mass is 391 g/mol. The normalized spacial score (nSPS) is 9.19. The van der Waals surface area contributed by atoms with Crippen LogP contribution in [0.15, 0.2) is 36.4 Å². The minimum Gasteiger partial charge on any atom is -0.477 e. The van der Waals surface area contributed by atoms with E-state index in [9.17, 15) is 4.79 Å². The van der Waals surface area contributed by atoms with E-state index in [-0.39, 0.29) is 5.69 Å². The largest absolute Gasteiger partial charge is 0.477 e. The zero-order chi connectivity index (χ0) is 21.0. The average Bonchev–Trinajstić information content (AvgIpc) is 3.16. The maximum absolute atomic E-state index is 11.1. The third-order valence-electron chi connectivity index (χ3n) is 3.23. The molecule has 2 aromatic heterocycles. The lowest BCUT2D eigenvalue weighted by molar-refractivity contribution is 0.0690. The van der Waals surface area contributed by atoms with Crippen molar-refractivity contribution in [1.82, 2.24) is 14.6 Å². The van der Waals surface area contributed by atoms with E-state index < -0.39 is 5.97 Å². The Balaban J connectivity index is 0.00000103.